The summed E-state index contributed by atoms with van der Waals surface area (Å²) in [5.41, 5.74) is 0.816. The summed E-state index contributed by atoms with van der Waals surface area (Å²) in [5, 5.41) is 16.1. The second kappa shape index (κ2) is 8.93. The van der Waals surface area contributed by atoms with E-state index in [1.165, 1.54) is 0 Å². The number of carbonyl (C=O) groups excluding carboxylic acids is 2. The van der Waals surface area contributed by atoms with Crippen molar-refractivity contribution in [1.82, 2.24) is 20.1 Å². The Bertz CT molecular complexity index is 984. The zero-order valence-electron chi connectivity index (χ0n) is 16.7. The number of hydrogen-bond acceptors (Lipinski definition) is 5. The molecule has 4 rings (SSSR count). The zero-order chi connectivity index (χ0) is 21.7. The summed E-state index contributed by atoms with van der Waals surface area (Å²) in [5.74, 6) is 0.457. The number of fused-ring (bicyclic) bond motifs is 2. The molecule has 10 nitrogen and oxygen atoms in total. The Morgan fingerprint density at radius 3 is 2.77 bits per heavy atom. The van der Waals surface area contributed by atoms with Gasteiger partial charge in [-0.05, 0) is 24.5 Å². The van der Waals surface area contributed by atoms with Crippen molar-refractivity contribution in [2.45, 2.75) is 50.5 Å². The number of nitrogens with one attached hydrogen (secondary N) is 3. The third kappa shape index (κ3) is 3.72. The van der Waals surface area contributed by atoms with Crippen molar-refractivity contribution in [3.8, 4) is 0 Å². The van der Waals surface area contributed by atoms with Crippen LogP contribution in [0.3, 0.4) is 0 Å². The lowest BCUT2D eigenvalue weighted by Crippen LogP contribution is -2.48. The van der Waals surface area contributed by atoms with Gasteiger partial charge in [0.15, 0.2) is 0 Å². The molecular weight excluding hydrogens is 390 g/mol. The zero-order valence-corrected chi connectivity index (χ0v) is 16.7. The molecule has 0 radical (unpaired) electrons. The third-order valence-electron chi connectivity index (χ3n) is 5.76. The predicted octanol–water partition coefficient (Wildman–Crippen LogP) is 1.02. The molecule has 1 saturated heterocycles. The van der Waals surface area contributed by atoms with Crippen LogP contribution in [-0.2, 0) is 26.2 Å². The van der Waals surface area contributed by atoms with Crippen molar-refractivity contribution in [2.75, 3.05) is 11.9 Å². The van der Waals surface area contributed by atoms with Crippen LogP contribution >= 0.6 is 0 Å². The average Bonchev–Trinajstić information content (AvgIpc) is 3.39. The summed E-state index contributed by atoms with van der Waals surface area (Å²) in [6, 6.07) is 7.62. The molecule has 3 heterocycles. The predicted molar refractivity (Wildman–Crippen MR) is 108 cm³/mol. The average molecular weight is 415 g/mol. The molecule has 0 aliphatic carbocycles. The molecule has 0 bridgehead atoms. The van der Waals surface area contributed by atoms with Crippen molar-refractivity contribution in [1.29, 1.82) is 0 Å². The van der Waals surface area contributed by atoms with Crippen LogP contribution in [-0.4, -0.2) is 56.1 Å². The number of amides is 2. The van der Waals surface area contributed by atoms with Gasteiger partial charge in [0.05, 0.1) is 11.5 Å². The molecule has 2 aromatic rings. The first-order valence-electron chi connectivity index (χ1n) is 9.89. The number of carbonyl (C=O) groups is 3. The van der Waals surface area contributed by atoms with Crippen LogP contribution < -0.4 is 11.0 Å². The van der Waals surface area contributed by atoms with E-state index in [0.717, 1.165) is 24.1 Å². The van der Waals surface area contributed by atoms with Gasteiger partial charge in [-0.3, -0.25) is 19.4 Å². The van der Waals surface area contributed by atoms with Crippen molar-refractivity contribution in [3.05, 3.63) is 46.1 Å². The number of aryl methyl sites for hydroxylation is 1. The monoisotopic (exact) mass is 415 g/mol. The quantitative estimate of drug-likeness (QED) is 0.536. The van der Waals surface area contributed by atoms with Gasteiger partial charge in [0.2, 0.25) is 11.8 Å². The summed E-state index contributed by atoms with van der Waals surface area (Å²) in [6.45, 7) is 2.38. The first-order chi connectivity index (χ1) is 14.5. The van der Waals surface area contributed by atoms with Gasteiger partial charge in [-0.2, -0.15) is 5.10 Å². The molecule has 2 aliphatic heterocycles. The lowest BCUT2D eigenvalue weighted by atomic mass is 9.73. The van der Waals surface area contributed by atoms with Crippen LogP contribution in [0.2, 0.25) is 0 Å². The van der Waals surface area contributed by atoms with Gasteiger partial charge in [-0.25, -0.2) is 9.89 Å². The highest BCUT2D eigenvalue weighted by Crippen LogP contribution is 2.49. The first-order valence-corrected chi connectivity index (χ1v) is 9.89. The van der Waals surface area contributed by atoms with E-state index in [1.807, 2.05) is 29.2 Å². The van der Waals surface area contributed by atoms with Gasteiger partial charge in [-0.15, -0.1) is 0 Å². The smallest absolute Gasteiger partial charge is 0.340 e. The van der Waals surface area contributed by atoms with Crippen LogP contribution in [0.25, 0.3) is 0 Å². The van der Waals surface area contributed by atoms with E-state index in [-0.39, 0.29) is 36.4 Å². The van der Waals surface area contributed by atoms with Crippen LogP contribution in [0.15, 0.2) is 29.1 Å². The minimum Gasteiger partial charge on any atom is -0.483 e. The molecule has 0 saturated carbocycles. The molecule has 1 fully saturated rings. The van der Waals surface area contributed by atoms with Crippen molar-refractivity contribution >= 4 is 24.0 Å². The largest absolute Gasteiger partial charge is 0.483 e. The Morgan fingerprint density at radius 1 is 1.37 bits per heavy atom. The molecule has 10 heteroatoms. The fourth-order valence-electron chi connectivity index (χ4n) is 4.57. The van der Waals surface area contributed by atoms with E-state index in [2.05, 4.69) is 27.4 Å². The molecule has 1 aromatic carbocycles. The standard InChI is InChI=1S/C19H23N5O3.CH2O2/c1-2-5-14-19(12-6-3-4-7-13(12)20-17(19)26)10-11-24(14)16(25)9-8-15-21-18(27)23-22-15;2-1-3/h3-4,6-7,14H,2,5,8-11H2,1H3,(H,20,26)(H2,21,22,23,27);1H,(H,2,3)/t14-,19+;/m0./s1. The summed E-state index contributed by atoms with van der Waals surface area (Å²) in [4.78, 5) is 49.8. The Labute approximate surface area is 172 Å². The molecule has 1 aromatic heterocycles. The van der Waals surface area contributed by atoms with E-state index in [4.69, 9.17) is 9.90 Å². The van der Waals surface area contributed by atoms with Gasteiger partial charge >= 0.3 is 5.69 Å². The van der Waals surface area contributed by atoms with Crippen molar-refractivity contribution in [2.24, 2.45) is 0 Å². The molecule has 0 unspecified atom stereocenters. The first kappa shape index (κ1) is 21.3. The Kier molecular flexibility index (Phi) is 6.34. The molecule has 2 atom stereocenters. The Balaban J connectivity index is 0.000000806. The maximum Gasteiger partial charge on any atom is 0.340 e. The second-order valence-electron chi connectivity index (χ2n) is 7.34. The van der Waals surface area contributed by atoms with E-state index in [0.29, 0.717) is 25.2 Å². The number of para-hydroxylation sites is 1. The minimum atomic E-state index is -0.664. The van der Waals surface area contributed by atoms with E-state index >= 15 is 0 Å². The number of likely N-dealkylation sites (tertiary alicyclic amines) is 1. The van der Waals surface area contributed by atoms with Crippen molar-refractivity contribution in [3.63, 3.8) is 0 Å². The molecule has 2 amide bonds. The van der Waals surface area contributed by atoms with Crippen LogP contribution in [0, 0.1) is 0 Å². The highest BCUT2D eigenvalue weighted by molar-refractivity contribution is 6.07. The lowest BCUT2D eigenvalue weighted by Gasteiger charge is -2.34. The molecular formula is C20H25N5O5. The SMILES string of the molecule is CCC[C@@H]1N(C(=O)CCc2n[nH]c(=O)[nH]2)CC[C@]12C(=O)Nc1ccccc12.O=CO. The van der Waals surface area contributed by atoms with Crippen LogP contribution in [0.1, 0.15) is 44.0 Å². The second-order valence-corrected chi connectivity index (χ2v) is 7.34. The number of benzene rings is 1. The van der Waals surface area contributed by atoms with E-state index < -0.39 is 5.41 Å². The van der Waals surface area contributed by atoms with Gasteiger partial charge in [0, 0.05) is 25.1 Å². The van der Waals surface area contributed by atoms with Crippen molar-refractivity contribution < 1.29 is 19.5 Å². The van der Waals surface area contributed by atoms with Gasteiger partial charge in [0.1, 0.15) is 5.82 Å². The lowest BCUT2D eigenvalue weighted by molar-refractivity contribution is -0.133. The molecule has 30 heavy (non-hydrogen) atoms. The number of aromatic amines is 2. The molecule has 4 N–H and O–H groups in total. The topological polar surface area (TPSA) is 148 Å². The number of carboxylic acid groups (broad SMARTS) is 1. The van der Waals surface area contributed by atoms with E-state index in [1.54, 1.807) is 0 Å². The van der Waals surface area contributed by atoms with Crippen LogP contribution in [0.4, 0.5) is 5.69 Å². The molecule has 160 valence electrons. The van der Waals surface area contributed by atoms with Gasteiger partial charge < -0.3 is 15.3 Å². The fourth-order valence-corrected chi connectivity index (χ4v) is 4.57. The fraction of sp³-hybridized carbons (Fsp3) is 0.450. The number of H-pyrrole nitrogens is 2. The van der Waals surface area contributed by atoms with Gasteiger partial charge in [0.25, 0.3) is 6.47 Å². The maximum atomic E-state index is 13.0. The summed E-state index contributed by atoms with van der Waals surface area (Å²) in [7, 11) is 0. The third-order valence-corrected chi connectivity index (χ3v) is 5.76. The minimum absolute atomic E-state index is 0.00548. The number of aromatic nitrogens is 3. The van der Waals surface area contributed by atoms with E-state index in [9.17, 15) is 14.4 Å². The van der Waals surface area contributed by atoms with Gasteiger partial charge in [-0.1, -0.05) is 31.5 Å². The summed E-state index contributed by atoms with van der Waals surface area (Å²) < 4.78 is 0. The summed E-state index contributed by atoms with van der Waals surface area (Å²) >= 11 is 0. The Morgan fingerprint density at radius 2 is 2.10 bits per heavy atom. The number of hydrogen-bond donors (Lipinski definition) is 4. The summed E-state index contributed by atoms with van der Waals surface area (Å²) in [6.07, 6.45) is 2.90. The highest BCUT2D eigenvalue weighted by atomic mass is 16.3. The number of rotatable bonds is 5. The Hall–Kier alpha value is -3.43. The molecule has 2 aliphatic rings. The number of anilines is 1. The normalized spacial score (nSPS) is 21.7. The number of nitrogens with zero attached hydrogens (tertiary/aromatic N) is 2. The van der Waals surface area contributed by atoms with Crippen LogP contribution in [0.5, 0.6) is 0 Å². The maximum absolute atomic E-state index is 13.0. The highest BCUT2D eigenvalue weighted by Gasteiger charge is 2.58. The molecule has 1 spiro atoms.